The van der Waals surface area contributed by atoms with Crippen LogP contribution in [0.5, 0.6) is 0 Å². The van der Waals surface area contributed by atoms with Crippen molar-refractivity contribution >= 4 is 32.7 Å². The van der Waals surface area contributed by atoms with Gasteiger partial charge in [-0.05, 0) is 31.2 Å². The van der Waals surface area contributed by atoms with Gasteiger partial charge >= 0.3 is 0 Å². The van der Waals surface area contributed by atoms with Gasteiger partial charge in [0, 0.05) is 15.4 Å². The SMILES string of the molecule is CC[NH+]1CCN(C(=O)c2cc3cc(Br)ccc3[nH]2)CC1. The van der Waals surface area contributed by atoms with E-state index in [1.807, 2.05) is 29.2 Å². The Morgan fingerprint density at radius 1 is 1.35 bits per heavy atom. The quantitative estimate of drug-likeness (QED) is 0.852. The van der Waals surface area contributed by atoms with Crippen LogP contribution in [0.1, 0.15) is 17.4 Å². The van der Waals surface area contributed by atoms with Crippen molar-refractivity contribution in [1.82, 2.24) is 9.88 Å². The lowest BCUT2D eigenvalue weighted by atomic mass is 10.2. The van der Waals surface area contributed by atoms with Crippen LogP contribution in [0.3, 0.4) is 0 Å². The van der Waals surface area contributed by atoms with Gasteiger partial charge in [-0.15, -0.1) is 0 Å². The molecule has 1 saturated heterocycles. The fourth-order valence-electron chi connectivity index (χ4n) is 2.77. The number of aromatic nitrogens is 1. The molecule has 0 spiro atoms. The number of likely N-dealkylation sites (N-methyl/N-ethyl adjacent to an activating group) is 1. The van der Waals surface area contributed by atoms with Crippen LogP contribution in [0.25, 0.3) is 10.9 Å². The third-order valence-electron chi connectivity index (χ3n) is 4.07. The number of hydrogen-bond acceptors (Lipinski definition) is 1. The first-order valence-electron chi connectivity index (χ1n) is 7.08. The minimum absolute atomic E-state index is 0.118. The Balaban J connectivity index is 1.79. The molecule has 0 unspecified atom stereocenters. The normalized spacial score (nSPS) is 16.8. The van der Waals surface area contributed by atoms with Crippen LogP contribution in [0.4, 0.5) is 0 Å². The molecule has 2 aromatic rings. The fourth-order valence-corrected chi connectivity index (χ4v) is 3.15. The Bertz CT molecular complexity index is 629. The molecule has 1 amide bonds. The van der Waals surface area contributed by atoms with Crippen molar-refractivity contribution in [3.8, 4) is 0 Å². The van der Waals surface area contributed by atoms with Gasteiger partial charge in [0.25, 0.3) is 5.91 Å². The minimum Gasteiger partial charge on any atom is -0.351 e. The number of aromatic amines is 1. The molecule has 1 aliphatic rings. The van der Waals surface area contributed by atoms with E-state index in [0.29, 0.717) is 5.69 Å². The van der Waals surface area contributed by atoms with E-state index in [1.54, 1.807) is 4.90 Å². The number of carbonyl (C=O) groups excluding carboxylic acids is 1. The number of fused-ring (bicyclic) bond motifs is 1. The maximum atomic E-state index is 12.5. The average Bonchev–Trinajstić information content (AvgIpc) is 2.89. The molecular formula is C15H19BrN3O+. The molecule has 0 atom stereocenters. The van der Waals surface area contributed by atoms with Gasteiger partial charge in [0.05, 0.1) is 32.7 Å². The number of halogens is 1. The molecule has 2 N–H and O–H groups in total. The lowest BCUT2D eigenvalue weighted by Gasteiger charge is -2.31. The van der Waals surface area contributed by atoms with Crippen molar-refractivity contribution in [1.29, 1.82) is 0 Å². The van der Waals surface area contributed by atoms with Crippen LogP contribution in [-0.4, -0.2) is 48.5 Å². The molecule has 1 aromatic heterocycles. The number of H-pyrrole nitrogens is 1. The molecule has 106 valence electrons. The van der Waals surface area contributed by atoms with Gasteiger partial charge in [-0.25, -0.2) is 0 Å². The number of nitrogens with zero attached hydrogens (tertiary/aromatic N) is 1. The zero-order valence-corrected chi connectivity index (χ0v) is 13.2. The van der Waals surface area contributed by atoms with Crippen LogP contribution >= 0.6 is 15.9 Å². The Morgan fingerprint density at radius 2 is 2.10 bits per heavy atom. The molecule has 0 radical (unpaired) electrons. The zero-order valence-electron chi connectivity index (χ0n) is 11.6. The smallest absolute Gasteiger partial charge is 0.270 e. The highest BCUT2D eigenvalue weighted by molar-refractivity contribution is 9.10. The molecule has 20 heavy (non-hydrogen) atoms. The summed E-state index contributed by atoms with van der Waals surface area (Å²) >= 11 is 3.46. The molecule has 2 heterocycles. The maximum absolute atomic E-state index is 12.5. The summed E-state index contributed by atoms with van der Waals surface area (Å²) in [4.78, 5) is 19.3. The molecule has 0 saturated carbocycles. The van der Waals surface area contributed by atoms with Crippen LogP contribution in [-0.2, 0) is 0 Å². The van der Waals surface area contributed by atoms with Crippen LogP contribution in [0.2, 0.25) is 0 Å². The maximum Gasteiger partial charge on any atom is 0.270 e. The standard InChI is InChI=1S/C15H18BrN3O/c1-2-18-5-7-19(8-6-18)15(20)14-10-11-9-12(16)3-4-13(11)17-14/h3-4,9-10,17H,2,5-8H2,1H3/p+1. The van der Waals surface area contributed by atoms with Gasteiger partial charge in [-0.3, -0.25) is 4.79 Å². The lowest BCUT2D eigenvalue weighted by molar-refractivity contribution is -0.902. The predicted octanol–water partition coefficient (Wildman–Crippen LogP) is 1.29. The topological polar surface area (TPSA) is 40.5 Å². The first-order valence-corrected chi connectivity index (χ1v) is 7.88. The minimum atomic E-state index is 0.118. The highest BCUT2D eigenvalue weighted by Crippen LogP contribution is 2.21. The van der Waals surface area contributed by atoms with E-state index in [9.17, 15) is 4.79 Å². The summed E-state index contributed by atoms with van der Waals surface area (Å²) in [7, 11) is 0. The van der Waals surface area contributed by atoms with Gasteiger partial charge in [0.15, 0.2) is 0 Å². The molecule has 1 fully saturated rings. The summed E-state index contributed by atoms with van der Waals surface area (Å²) in [5.41, 5.74) is 1.70. The Kier molecular flexibility index (Phi) is 3.81. The number of nitrogens with one attached hydrogen (secondary N) is 2. The van der Waals surface area contributed by atoms with E-state index in [4.69, 9.17) is 0 Å². The van der Waals surface area contributed by atoms with E-state index in [2.05, 4.69) is 27.8 Å². The third kappa shape index (κ3) is 2.60. The Morgan fingerprint density at radius 3 is 2.80 bits per heavy atom. The average molecular weight is 337 g/mol. The van der Waals surface area contributed by atoms with Gasteiger partial charge in [0.2, 0.25) is 0 Å². The highest BCUT2D eigenvalue weighted by Gasteiger charge is 2.24. The number of rotatable bonds is 2. The van der Waals surface area contributed by atoms with Crippen LogP contribution in [0.15, 0.2) is 28.7 Å². The largest absolute Gasteiger partial charge is 0.351 e. The van der Waals surface area contributed by atoms with Crippen molar-refractivity contribution < 1.29 is 9.69 Å². The highest BCUT2D eigenvalue weighted by atomic mass is 79.9. The molecular weight excluding hydrogens is 318 g/mol. The summed E-state index contributed by atoms with van der Waals surface area (Å²) in [5, 5.41) is 1.07. The van der Waals surface area contributed by atoms with Crippen molar-refractivity contribution in [3.05, 3.63) is 34.4 Å². The molecule has 1 aromatic carbocycles. The molecule has 3 rings (SSSR count). The summed E-state index contributed by atoms with van der Waals surface area (Å²) < 4.78 is 1.03. The van der Waals surface area contributed by atoms with E-state index in [1.165, 1.54) is 0 Å². The lowest BCUT2D eigenvalue weighted by Crippen LogP contribution is -3.14. The molecule has 4 nitrogen and oxygen atoms in total. The van der Waals surface area contributed by atoms with E-state index in [0.717, 1.165) is 48.1 Å². The van der Waals surface area contributed by atoms with Crippen LogP contribution in [0, 0.1) is 0 Å². The number of amides is 1. The van der Waals surface area contributed by atoms with E-state index >= 15 is 0 Å². The van der Waals surface area contributed by atoms with Crippen molar-refractivity contribution in [2.24, 2.45) is 0 Å². The van der Waals surface area contributed by atoms with E-state index in [-0.39, 0.29) is 5.91 Å². The molecule has 1 aliphatic heterocycles. The molecule has 0 aliphatic carbocycles. The molecule has 0 bridgehead atoms. The third-order valence-corrected chi connectivity index (χ3v) is 4.56. The molecule has 5 heteroatoms. The summed E-state index contributed by atoms with van der Waals surface area (Å²) in [6.07, 6.45) is 0. The summed E-state index contributed by atoms with van der Waals surface area (Å²) in [5.74, 6) is 0.118. The van der Waals surface area contributed by atoms with Gasteiger partial charge in [0.1, 0.15) is 5.69 Å². The van der Waals surface area contributed by atoms with Crippen molar-refractivity contribution in [2.45, 2.75) is 6.92 Å². The Labute approximate surface area is 126 Å². The van der Waals surface area contributed by atoms with Gasteiger partial charge in [-0.1, -0.05) is 15.9 Å². The van der Waals surface area contributed by atoms with E-state index < -0.39 is 0 Å². The number of benzene rings is 1. The van der Waals surface area contributed by atoms with Gasteiger partial charge < -0.3 is 14.8 Å². The second-order valence-corrected chi connectivity index (χ2v) is 6.23. The van der Waals surface area contributed by atoms with Crippen molar-refractivity contribution in [3.63, 3.8) is 0 Å². The number of piperazine rings is 1. The number of carbonyl (C=O) groups is 1. The van der Waals surface area contributed by atoms with Crippen LogP contribution < -0.4 is 4.90 Å². The van der Waals surface area contributed by atoms with Crippen molar-refractivity contribution in [2.75, 3.05) is 32.7 Å². The second-order valence-electron chi connectivity index (χ2n) is 5.31. The summed E-state index contributed by atoms with van der Waals surface area (Å²) in [6, 6.07) is 7.95. The number of hydrogen-bond donors (Lipinski definition) is 2. The summed E-state index contributed by atoms with van der Waals surface area (Å²) in [6.45, 7) is 7.13. The Hall–Kier alpha value is -1.33. The zero-order chi connectivity index (χ0) is 14.1. The first-order chi connectivity index (χ1) is 9.67. The fraction of sp³-hybridized carbons (Fsp3) is 0.400. The monoisotopic (exact) mass is 336 g/mol. The van der Waals surface area contributed by atoms with Gasteiger partial charge in [-0.2, -0.15) is 0 Å². The predicted molar refractivity (Wildman–Crippen MR) is 83.1 cm³/mol. The first kappa shape index (κ1) is 13.6. The second kappa shape index (κ2) is 5.58. The number of quaternary nitrogens is 1.